The molecular formula is C12H36FN7P2. The molecule has 0 saturated heterocycles. The smallest absolute Gasteiger partial charge is 0.430 e. The summed E-state index contributed by atoms with van der Waals surface area (Å²) in [6.45, 7) is 0. The van der Waals surface area contributed by atoms with Crippen molar-refractivity contribution in [2.75, 3.05) is 84.6 Å². The van der Waals surface area contributed by atoms with Gasteiger partial charge < -0.3 is 4.70 Å². The van der Waals surface area contributed by atoms with Crippen molar-refractivity contribution in [1.29, 1.82) is 0 Å². The van der Waals surface area contributed by atoms with Crippen molar-refractivity contribution < 1.29 is 4.70 Å². The van der Waals surface area contributed by atoms with Gasteiger partial charge in [0.1, 0.15) is 0 Å². The molecule has 0 unspecified atom stereocenters. The standard InChI is InChI=1S/C12H36N7P2.FH/c1-14(2)20(15(3)4,16(5)6)13-21(17(7)8,18(9)10)19(11)12;/h1-12H3;1H/q+1;/p-1. The Bertz CT molecular complexity index is 359. The van der Waals surface area contributed by atoms with Crippen LogP contribution < -0.4 is 8.88 Å². The van der Waals surface area contributed by atoms with Crippen LogP contribution in [0, 0.1) is 0 Å². The van der Waals surface area contributed by atoms with E-state index in [9.17, 15) is 0 Å². The maximum atomic E-state index is 5.51. The first kappa shape index (κ1) is 24.5. The monoisotopic (exact) mass is 359 g/mol. The van der Waals surface area contributed by atoms with Crippen molar-refractivity contribution >= 4 is 15.0 Å². The lowest BCUT2D eigenvalue weighted by Gasteiger charge is -2.34. The van der Waals surface area contributed by atoms with E-state index in [0.29, 0.717) is 0 Å². The normalized spacial score (nSPS) is 13.5. The van der Waals surface area contributed by atoms with Gasteiger partial charge >= 0.3 is 15.0 Å². The van der Waals surface area contributed by atoms with Gasteiger partial charge in [0.15, 0.2) is 0 Å². The van der Waals surface area contributed by atoms with E-state index in [1.54, 1.807) is 0 Å². The van der Waals surface area contributed by atoms with Crippen LogP contribution in [0.4, 0.5) is 0 Å². The molecule has 0 rings (SSSR count). The zero-order valence-corrected chi connectivity index (χ0v) is 18.2. The van der Waals surface area contributed by atoms with Crippen molar-refractivity contribution in [1.82, 2.24) is 32.2 Å². The van der Waals surface area contributed by atoms with Crippen LogP contribution >= 0.6 is 15.0 Å². The third-order valence-corrected chi connectivity index (χ3v) is 11.8. The summed E-state index contributed by atoms with van der Waals surface area (Å²) in [5.41, 5.74) is 0. The zero-order valence-electron chi connectivity index (χ0n) is 16.4. The molecule has 10 heteroatoms. The van der Waals surface area contributed by atoms with Crippen LogP contribution in [0.15, 0.2) is 0 Å². The SMILES string of the molecule is CN(C)P(=[N+]=P(N(C)C)(N(C)C)N(C)C)(N(C)C)N(C)C.[F-]. The van der Waals surface area contributed by atoms with E-state index in [2.05, 4.69) is 113 Å². The Morgan fingerprint density at radius 2 is 0.545 bits per heavy atom. The lowest BCUT2D eigenvalue weighted by molar-refractivity contribution is -0.00000521. The summed E-state index contributed by atoms with van der Waals surface area (Å²) in [6.07, 6.45) is 0. The van der Waals surface area contributed by atoms with Crippen LogP contribution in [-0.2, 0) is 0 Å². The Labute approximate surface area is 137 Å². The van der Waals surface area contributed by atoms with Gasteiger partial charge in [-0.05, 0) is 84.6 Å². The minimum absolute atomic E-state index is 0. The number of hydrogen-bond donors (Lipinski definition) is 0. The van der Waals surface area contributed by atoms with Crippen LogP contribution in [0.25, 0.3) is 0 Å². The largest absolute Gasteiger partial charge is 1.00 e. The molecule has 0 bridgehead atoms. The van der Waals surface area contributed by atoms with Crippen LogP contribution in [0.2, 0.25) is 0 Å². The molecule has 0 radical (unpaired) electrons. The molecular weight excluding hydrogens is 323 g/mol. The van der Waals surface area contributed by atoms with Crippen LogP contribution in [-0.4, -0.2) is 113 Å². The molecule has 0 aromatic heterocycles. The van der Waals surface area contributed by atoms with Gasteiger partial charge in [0, 0.05) is 0 Å². The van der Waals surface area contributed by atoms with E-state index in [0.717, 1.165) is 0 Å². The fraction of sp³-hybridized carbons (Fsp3) is 1.00. The van der Waals surface area contributed by atoms with Gasteiger partial charge in [-0.3, -0.25) is 0 Å². The molecule has 0 atom stereocenters. The van der Waals surface area contributed by atoms with E-state index in [1.807, 2.05) is 0 Å². The van der Waals surface area contributed by atoms with Crippen molar-refractivity contribution in [3.05, 3.63) is 0 Å². The molecule has 0 heterocycles. The van der Waals surface area contributed by atoms with Gasteiger partial charge in [-0.15, -0.1) is 0 Å². The maximum absolute atomic E-state index is 5.51. The van der Waals surface area contributed by atoms with E-state index in [4.69, 9.17) is 4.17 Å². The highest BCUT2D eigenvalue weighted by atomic mass is 31.2. The molecule has 0 amide bonds. The zero-order chi connectivity index (χ0) is 17.2. The Morgan fingerprint density at radius 3 is 0.636 bits per heavy atom. The molecule has 0 aliphatic carbocycles. The van der Waals surface area contributed by atoms with Gasteiger partial charge in [0.05, 0.1) is 0 Å². The quantitative estimate of drug-likeness (QED) is 0.416. The van der Waals surface area contributed by atoms with Gasteiger partial charge in [-0.25, -0.2) is 28.0 Å². The number of hydrogen-bond acceptors (Lipinski definition) is 0. The highest BCUT2D eigenvalue weighted by molar-refractivity contribution is 7.66. The molecule has 0 saturated carbocycles. The average Bonchev–Trinajstić information content (AvgIpc) is 2.26. The van der Waals surface area contributed by atoms with E-state index < -0.39 is 15.0 Å². The molecule has 0 aromatic carbocycles. The fourth-order valence-electron chi connectivity index (χ4n) is 2.79. The second-order valence-electron chi connectivity index (χ2n) is 6.25. The molecule has 0 aromatic rings. The molecule has 0 spiro atoms. The molecule has 0 aliphatic rings. The van der Waals surface area contributed by atoms with Gasteiger partial charge in [0.2, 0.25) is 0 Å². The molecule has 0 aliphatic heterocycles. The molecule has 0 N–H and O–H groups in total. The highest BCUT2D eigenvalue weighted by Crippen LogP contribution is 2.58. The van der Waals surface area contributed by atoms with Crippen molar-refractivity contribution in [3.8, 4) is 0 Å². The van der Waals surface area contributed by atoms with Gasteiger partial charge in [-0.2, -0.15) is 0 Å². The summed E-state index contributed by atoms with van der Waals surface area (Å²) in [7, 11) is 21.5. The Kier molecular flexibility index (Phi) is 9.95. The predicted molar refractivity (Wildman–Crippen MR) is 98.1 cm³/mol. The molecule has 136 valence electrons. The van der Waals surface area contributed by atoms with Crippen LogP contribution in [0.5, 0.6) is 0 Å². The number of nitrogens with zero attached hydrogens (tertiary/aromatic N) is 7. The molecule has 22 heavy (non-hydrogen) atoms. The first-order chi connectivity index (χ1) is 9.37. The first-order valence-electron chi connectivity index (χ1n) is 6.97. The predicted octanol–water partition coefficient (Wildman–Crippen LogP) is -1.68. The topological polar surface area (TPSA) is 33.5 Å². The fourth-order valence-corrected chi connectivity index (χ4v) is 12.2. The second kappa shape index (κ2) is 8.93. The van der Waals surface area contributed by atoms with Gasteiger partial charge in [0.25, 0.3) is 0 Å². The lowest BCUT2D eigenvalue weighted by atomic mass is 11.2. The summed E-state index contributed by atoms with van der Waals surface area (Å²) in [5, 5.41) is 0. The highest BCUT2D eigenvalue weighted by Gasteiger charge is 2.47. The molecule has 7 nitrogen and oxygen atoms in total. The number of halogens is 1. The van der Waals surface area contributed by atoms with Crippen molar-refractivity contribution in [2.45, 2.75) is 0 Å². The summed E-state index contributed by atoms with van der Waals surface area (Å²) in [6, 6.07) is 0. The Hall–Kier alpha value is 0.260. The maximum Gasteiger partial charge on any atom is 0.430 e. The lowest BCUT2D eigenvalue weighted by Crippen LogP contribution is -3.00. The second-order valence-corrected chi connectivity index (χ2v) is 13.9. The summed E-state index contributed by atoms with van der Waals surface area (Å²) >= 11 is 0. The number of rotatable bonds is 6. The van der Waals surface area contributed by atoms with E-state index >= 15 is 0 Å². The summed E-state index contributed by atoms with van der Waals surface area (Å²) in [4.78, 5) is 0. The summed E-state index contributed by atoms with van der Waals surface area (Å²) < 4.78 is 19.1. The van der Waals surface area contributed by atoms with Gasteiger partial charge in [-0.1, -0.05) is 4.17 Å². The Balaban J connectivity index is 0. The first-order valence-corrected chi connectivity index (χ1v) is 10.2. The average molecular weight is 359 g/mol. The summed E-state index contributed by atoms with van der Waals surface area (Å²) in [5.74, 6) is 0. The van der Waals surface area contributed by atoms with Crippen molar-refractivity contribution in [3.63, 3.8) is 0 Å². The minimum Gasteiger partial charge on any atom is -1.00 e. The Morgan fingerprint density at radius 1 is 0.409 bits per heavy atom. The minimum atomic E-state index is -1.95. The third-order valence-electron chi connectivity index (χ3n) is 3.46. The van der Waals surface area contributed by atoms with E-state index in [-0.39, 0.29) is 4.70 Å². The van der Waals surface area contributed by atoms with E-state index in [1.165, 1.54) is 0 Å². The third kappa shape index (κ3) is 4.21. The van der Waals surface area contributed by atoms with Crippen molar-refractivity contribution in [2.24, 2.45) is 0 Å². The van der Waals surface area contributed by atoms with Crippen LogP contribution in [0.1, 0.15) is 0 Å². The van der Waals surface area contributed by atoms with Crippen LogP contribution in [0.3, 0.4) is 0 Å². The molecule has 0 fully saturated rings.